The van der Waals surface area contributed by atoms with Gasteiger partial charge in [-0.3, -0.25) is 43.2 Å². The van der Waals surface area contributed by atoms with Gasteiger partial charge < -0.3 is 104 Å². The van der Waals surface area contributed by atoms with Crippen LogP contribution in [0, 0.1) is 35.5 Å². The van der Waals surface area contributed by atoms with E-state index in [9.17, 15) is 58.2 Å². The molecule has 1 aliphatic carbocycles. The molecule has 5 saturated heterocycles. The fourth-order valence-electron chi connectivity index (χ4n) is 11.8. The second-order valence-electron chi connectivity index (χ2n) is 23.1. The summed E-state index contributed by atoms with van der Waals surface area (Å²) in [5.74, 6) is -11.0. The van der Waals surface area contributed by atoms with E-state index in [4.69, 9.17) is 77.8 Å². The van der Waals surface area contributed by atoms with Gasteiger partial charge in [-0.05, 0) is 25.7 Å². The molecule has 31 nitrogen and oxygen atoms in total. The number of ketones is 1. The molecule has 0 spiro atoms. The first-order chi connectivity index (χ1) is 40.1. The molecule has 484 valence electrons. The third-order valence-electron chi connectivity index (χ3n) is 16.6. The van der Waals surface area contributed by atoms with E-state index in [-0.39, 0.29) is 36.8 Å². The lowest BCUT2D eigenvalue weighted by Crippen LogP contribution is -2.71. The Labute approximate surface area is 496 Å². The van der Waals surface area contributed by atoms with Gasteiger partial charge >= 0.3 is 30.0 Å². The van der Waals surface area contributed by atoms with Crippen molar-refractivity contribution in [2.24, 2.45) is 47.0 Å². The van der Waals surface area contributed by atoms with Crippen LogP contribution in [0.25, 0.3) is 0 Å². The maximum Gasteiger partial charge on any atom is 0.404 e. The van der Waals surface area contributed by atoms with Gasteiger partial charge in [0.15, 0.2) is 61.5 Å². The molecule has 9 N–H and O–H groups in total. The number of allylic oxidation sites excluding steroid dienone is 2. The van der Waals surface area contributed by atoms with Crippen LogP contribution in [0.4, 0.5) is 4.79 Å². The van der Waals surface area contributed by atoms with E-state index in [1.165, 1.54) is 34.6 Å². The van der Waals surface area contributed by atoms with E-state index in [0.29, 0.717) is 0 Å². The molecule has 0 aromatic heterocycles. The van der Waals surface area contributed by atoms with Gasteiger partial charge in [0.1, 0.15) is 35.9 Å². The van der Waals surface area contributed by atoms with Crippen molar-refractivity contribution in [1.29, 1.82) is 0 Å². The normalized spacial score (nSPS) is 39.9. The number of hydrogen-bond acceptors (Lipinski definition) is 26. The lowest BCUT2D eigenvalue weighted by Gasteiger charge is -2.52. The lowest BCUT2D eigenvalue weighted by atomic mass is 9.82. The Bertz CT molecular complexity index is 2570. The highest BCUT2D eigenvalue weighted by Gasteiger charge is 2.62. The molecule has 86 heavy (non-hydrogen) atoms. The minimum atomic E-state index is -2.55. The second-order valence-corrected chi connectivity index (χ2v) is 23.1. The summed E-state index contributed by atoms with van der Waals surface area (Å²) in [7, 11) is 0. The molecule has 5 aliphatic heterocycles. The first-order valence-corrected chi connectivity index (χ1v) is 28.4. The van der Waals surface area contributed by atoms with Crippen molar-refractivity contribution in [2.75, 3.05) is 13.2 Å². The highest BCUT2D eigenvalue weighted by molar-refractivity contribution is 6.02. The van der Waals surface area contributed by atoms with Crippen molar-refractivity contribution >= 4 is 59.4 Å². The minimum absolute atomic E-state index is 0.00669. The number of aliphatic hydroxyl groups is 2. The van der Waals surface area contributed by atoms with Crippen LogP contribution in [0.15, 0.2) is 11.5 Å². The van der Waals surface area contributed by atoms with Gasteiger partial charge in [0.05, 0.1) is 43.1 Å². The second kappa shape index (κ2) is 28.8. The van der Waals surface area contributed by atoms with Crippen molar-refractivity contribution < 1.29 is 124 Å². The molecular weight excluding hydrogens is 1150 g/mol. The summed E-state index contributed by atoms with van der Waals surface area (Å²) in [6.07, 6.45) is -24.6. The average molecular weight is 1230 g/mol. The molecule has 0 bridgehead atoms. The van der Waals surface area contributed by atoms with E-state index in [0.717, 1.165) is 13.8 Å². The van der Waals surface area contributed by atoms with Gasteiger partial charge in [-0.15, -0.1) is 0 Å². The summed E-state index contributed by atoms with van der Waals surface area (Å²) in [6, 6.07) is -2.48. The molecular formula is C55H83N5O26. The molecule has 0 aromatic rings. The fourth-order valence-corrected chi connectivity index (χ4v) is 11.8. The monoisotopic (exact) mass is 1230 g/mol. The van der Waals surface area contributed by atoms with Crippen LogP contribution >= 0.6 is 0 Å². The first-order valence-electron chi connectivity index (χ1n) is 28.4. The largest absolute Gasteiger partial charge is 0.510 e. The zero-order valence-corrected chi connectivity index (χ0v) is 50.5. The molecule has 0 saturated carbocycles. The van der Waals surface area contributed by atoms with Crippen molar-refractivity contribution in [3.63, 3.8) is 0 Å². The van der Waals surface area contributed by atoms with Crippen molar-refractivity contribution in [1.82, 2.24) is 16.0 Å². The number of Topliss-reactive ketones (excluding diaryl/α,β-unsaturated/α-hetero) is 1. The zero-order valence-electron chi connectivity index (χ0n) is 50.5. The Kier molecular flexibility index (Phi) is 23.1. The van der Waals surface area contributed by atoms with Gasteiger partial charge in [-0.2, -0.15) is 0 Å². The third-order valence-corrected chi connectivity index (χ3v) is 16.6. The SMILES string of the molecule is CC(=O)NC1[C@H](O[C@@H]2C(CO[C@@H]3OC(COC(C)=O)C(C)[C@H](C)C3OC(C)=O)O[C@@H](OC3C(OC(C)=O)OC(C(N)=O)[C@@](C)(O)[C@@H]3OC(N)=O)C(NC(C)=O)[C@H]2C)OC(C)C(O[C@@H]2OC(C(=O)NC3=C(O)CCC3=O)[C@H](C)[C@H](C)C2OC(C)=O)[C@@H]1C. The minimum Gasteiger partial charge on any atom is -0.510 e. The number of aliphatic hydroxyl groups excluding tert-OH is 1. The van der Waals surface area contributed by atoms with Crippen LogP contribution < -0.4 is 27.4 Å². The van der Waals surface area contributed by atoms with E-state index < -0.39 is 212 Å². The van der Waals surface area contributed by atoms with Crippen molar-refractivity contribution in [2.45, 2.75) is 226 Å². The Morgan fingerprint density at radius 3 is 1.60 bits per heavy atom. The summed E-state index contributed by atoms with van der Waals surface area (Å²) in [5.41, 5.74) is 8.27. The first kappa shape index (κ1) is 68.9. The fraction of sp³-hybridized carbons (Fsp3) is 0.782. The summed E-state index contributed by atoms with van der Waals surface area (Å²) in [5, 5.41) is 30.3. The number of esters is 4. The smallest absolute Gasteiger partial charge is 0.404 e. The van der Waals surface area contributed by atoms with E-state index in [1.807, 2.05) is 0 Å². The van der Waals surface area contributed by atoms with Crippen LogP contribution in [0.5, 0.6) is 0 Å². The molecule has 6 rings (SSSR count). The van der Waals surface area contributed by atoms with Crippen LogP contribution in [-0.4, -0.2) is 199 Å². The van der Waals surface area contributed by atoms with E-state index >= 15 is 0 Å². The highest BCUT2D eigenvalue weighted by atomic mass is 16.8. The Morgan fingerprint density at radius 2 is 1.08 bits per heavy atom. The molecule has 5 amide bonds. The number of nitrogens with two attached hydrogens (primary N) is 2. The van der Waals surface area contributed by atoms with Crippen molar-refractivity contribution in [3.05, 3.63) is 11.5 Å². The van der Waals surface area contributed by atoms with Crippen LogP contribution in [-0.2, 0) is 109 Å². The van der Waals surface area contributed by atoms with Crippen LogP contribution in [0.1, 0.15) is 110 Å². The number of hydrogen-bond donors (Lipinski definition) is 7. The van der Waals surface area contributed by atoms with Crippen LogP contribution in [0.3, 0.4) is 0 Å². The maximum absolute atomic E-state index is 13.9. The molecule has 0 aromatic carbocycles. The molecule has 5 fully saturated rings. The standard InChI is InChI=1S/C55H83N5O26/c1-19-20(2)42(76-29(11)64)51(79-34(19)17-73-28(10)63)74-18-35-40(24(6)37(59-27(9)62)50(80-35)84-44-45(86-54(57)71)55(14,72)46(47(56)69)85-53(44)78-31(13)66)82-49-36(58-26(8)61)23(5)39(25(7)75-49)81-52-43(77-30(12)65)22(4)21(3)41(83-52)48(70)60-38-32(67)15-16-33(38)68/h19-25,34-37,39-46,49-53,67,72H,15-18H2,1-14H3,(H2,56,69)(H2,57,71)(H,58,61)(H,59,62)(H,60,70)/t19?,20-,21+,22-,23+,24+,25?,34?,35?,36?,37?,39?,40-,41?,42?,43?,44?,45+,46?,49-,50-,51+,52+,53?,55-/m0/s1. The highest BCUT2D eigenvalue weighted by Crippen LogP contribution is 2.42. The van der Waals surface area contributed by atoms with Gasteiger partial charge in [0.2, 0.25) is 24.0 Å². The average Bonchev–Trinajstić information content (AvgIpc) is 0.972. The molecule has 13 unspecified atom stereocenters. The molecule has 0 radical (unpaired) electrons. The Balaban J connectivity index is 1.39. The third kappa shape index (κ3) is 16.1. The topological polar surface area (TPSA) is 429 Å². The molecule has 31 heteroatoms. The molecule has 25 atom stereocenters. The predicted octanol–water partition coefficient (Wildman–Crippen LogP) is -0.433. The van der Waals surface area contributed by atoms with Gasteiger partial charge in [0.25, 0.3) is 5.91 Å². The number of carbonyl (C=O) groups is 10. The maximum atomic E-state index is 13.9. The summed E-state index contributed by atoms with van der Waals surface area (Å²) < 4.78 is 86.0. The Morgan fingerprint density at radius 1 is 0.558 bits per heavy atom. The molecule has 6 aliphatic rings. The Hall–Kier alpha value is -6.16. The van der Waals surface area contributed by atoms with Crippen molar-refractivity contribution in [3.8, 4) is 0 Å². The van der Waals surface area contributed by atoms with Gasteiger partial charge in [-0.25, -0.2) is 4.79 Å². The number of ether oxygens (including phenoxy) is 14. The summed E-state index contributed by atoms with van der Waals surface area (Å²) >= 11 is 0. The quantitative estimate of drug-likeness (QED) is 0.0600. The lowest BCUT2D eigenvalue weighted by molar-refractivity contribution is -0.369. The number of nitrogens with one attached hydrogen (secondary N) is 3. The zero-order chi connectivity index (χ0) is 64.1. The van der Waals surface area contributed by atoms with Gasteiger partial charge in [-0.1, -0.05) is 41.5 Å². The van der Waals surface area contributed by atoms with E-state index in [2.05, 4.69) is 16.0 Å². The number of primary amides is 2. The number of carbonyl (C=O) groups excluding carboxylic acids is 10. The number of amides is 5. The van der Waals surface area contributed by atoms with Gasteiger partial charge in [0, 0.05) is 78.1 Å². The summed E-state index contributed by atoms with van der Waals surface area (Å²) in [6.45, 7) is 19.1. The molecule has 5 heterocycles. The summed E-state index contributed by atoms with van der Waals surface area (Å²) in [4.78, 5) is 128. The number of rotatable bonds is 20. The predicted molar refractivity (Wildman–Crippen MR) is 286 cm³/mol. The van der Waals surface area contributed by atoms with Crippen LogP contribution in [0.2, 0.25) is 0 Å². The van der Waals surface area contributed by atoms with E-state index in [1.54, 1.807) is 48.5 Å².